The van der Waals surface area contributed by atoms with E-state index < -0.39 is 5.97 Å². The molecule has 3 nitrogen and oxygen atoms in total. The van der Waals surface area contributed by atoms with E-state index in [-0.39, 0.29) is 11.0 Å². The van der Waals surface area contributed by atoms with Gasteiger partial charge in [-0.05, 0) is 41.7 Å². The fourth-order valence-electron chi connectivity index (χ4n) is 2.08. The summed E-state index contributed by atoms with van der Waals surface area (Å²) in [5, 5.41) is 9.18. The molecule has 3 heteroatoms. The second kappa shape index (κ2) is 5.60. The molecule has 0 bridgehead atoms. The van der Waals surface area contributed by atoms with Gasteiger partial charge in [-0.15, -0.1) is 0 Å². The van der Waals surface area contributed by atoms with E-state index in [2.05, 4.69) is 26.8 Å². The molecule has 0 amide bonds. The Morgan fingerprint density at radius 1 is 1.05 bits per heavy atom. The van der Waals surface area contributed by atoms with Crippen LogP contribution in [0.4, 0.5) is 0 Å². The number of carbonyl (C=O) groups is 1. The molecular weight excluding hydrogens is 264 g/mol. The fourth-order valence-corrected chi connectivity index (χ4v) is 2.08. The third-order valence-electron chi connectivity index (χ3n) is 3.38. The molecule has 0 radical (unpaired) electrons. The number of hydrogen-bond acceptors (Lipinski definition) is 2. The molecule has 0 atom stereocenters. The van der Waals surface area contributed by atoms with Crippen LogP contribution in [-0.2, 0) is 5.41 Å². The summed E-state index contributed by atoms with van der Waals surface area (Å²) < 4.78 is 5.79. The number of carboxylic acid groups (broad SMARTS) is 1. The first-order valence-electron chi connectivity index (χ1n) is 6.90. The Bertz CT molecular complexity index is 666. The van der Waals surface area contributed by atoms with Crippen LogP contribution in [0, 0.1) is 6.92 Å². The largest absolute Gasteiger partial charge is 0.478 e. The number of para-hydroxylation sites is 1. The van der Waals surface area contributed by atoms with Gasteiger partial charge in [0.25, 0.3) is 0 Å². The van der Waals surface area contributed by atoms with Crippen molar-refractivity contribution in [2.75, 3.05) is 0 Å². The topological polar surface area (TPSA) is 46.5 Å². The van der Waals surface area contributed by atoms with Crippen molar-refractivity contribution in [3.63, 3.8) is 0 Å². The Kier molecular flexibility index (Phi) is 4.03. The van der Waals surface area contributed by atoms with E-state index in [9.17, 15) is 9.90 Å². The highest BCUT2D eigenvalue weighted by atomic mass is 16.5. The number of hydrogen-bond donors (Lipinski definition) is 1. The fraction of sp³-hybridized carbons (Fsp3) is 0.278. The summed E-state index contributed by atoms with van der Waals surface area (Å²) in [5.74, 6) is 0.0443. The van der Waals surface area contributed by atoms with Crippen molar-refractivity contribution in [1.29, 1.82) is 0 Å². The van der Waals surface area contributed by atoms with Gasteiger partial charge in [-0.25, -0.2) is 4.79 Å². The summed E-state index contributed by atoms with van der Waals surface area (Å²) in [6.45, 7) is 8.43. The van der Waals surface area contributed by atoms with Gasteiger partial charge in [-0.2, -0.15) is 0 Å². The van der Waals surface area contributed by atoms with E-state index in [0.717, 1.165) is 5.56 Å². The molecule has 2 aromatic rings. The van der Waals surface area contributed by atoms with Crippen LogP contribution in [0.15, 0.2) is 42.5 Å². The van der Waals surface area contributed by atoms with E-state index in [1.54, 1.807) is 18.2 Å². The number of aryl methyl sites for hydroxylation is 1. The molecule has 0 unspecified atom stereocenters. The van der Waals surface area contributed by atoms with Gasteiger partial charge in [0.15, 0.2) is 0 Å². The average Bonchev–Trinajstić information content (AvgIpc) is 2.40. The molecule has 0 aliphatic carbocycles. The molecule has 0 aliphatic rings. The second-order valence-corrected chi connectivity index (χ2v) is 6.13. The third kappa shape index (κ3) is 3.43. The van der Waals surface area contributed by atoms with Crippen molar-refractivity contribution in [2.45, 2.75) is 33.1 Å². The highest BCUT2D eigenvalue weighted by Crippen LogP contribution is 2.31. The second-order valence-electron chi connectivity index (χ2n) is 6.13. The van der Waals surface area contributed by atoms with E-state index in [1.807, 2.05) is 19.1 Å². The maximum absolute atomic E-state index is 11.2. The number of carboxylic acids is 1. The molecule has 0 fully saturated rings. The zero-order valence-corrected chi connectivity index (χ0v) is 12.8. The molecule has 1 N–H and O–H groups in total. The number of aromatic carboxylic acids is 1. The highest BCUT2D eigenvalue weighted by molar-refractivity contribution is 5.90. The molecule has 0 heterocycles. The minimum Gasteiger partial charge on any atom is -0.478 e. The molecule has 0 spiro atoms. The van der Waals surface area contributed by atoms with Crippen LogP contribution in [0.25, 0.3) is 0 Å². The lowest BCUT2D eigenvalue weighted by molar-refractivity contribution is 0.0694. The van der Waals surface area contributed by atoms with Gasteiger partial charge >= 0.3 is 5.97 Å². The van der Waals surface area contributed by atoms with Gasteiger partial charge in [0.2, 0.25) is 0 Å². The van der Waals surface area contributed by atoms with Crippen molar-refractivity contribution in [1.82, 2.24) is 0 Å². The van der Waals surface area contributed by atoms with Crippen LogP contribution in [0.2, 0.25) is 0 Å². The Balaban J connectivity index is 2.35. The molecule has 0 saturated heterocycles. The minimum atomic E-state index is -0.991. The Morgan fingerprint density at radius 2 is 1.71 bits per heavy atom. The van der Waals surface area contributed by atoms with E-state index in [0.29, 0.717) is 11.5 Å². The Hall–Kier alpha value is -2.29. The van der Waals surface area contributed by atoms with Gasteiger partial charge in [0, 0.05) is 0 Å². The van der Waals surface area contributed by atoms with Crippen molar-refractivity contribution in [3.05, 3.63) is 59.2 Å². The molecule has 21 heavy (non-hydrogen) atoms. The first-order valence-corrected chi connectivity index (χ1v) is 6.90. The zero-order valence-electron chi connectivity index (χ0n) is 12.8. The highest BCUT2D eigenvalue weighted by Gasteiger charge is 2.16. The van der Waals surface area contributed by atoms with Crippen LogP contribution >= 0.6 is 0 Å². The van der Waals surface area contributed by atoms with Crippen LogP contribution < -0.4 is 4.74 Å². The standard InChI is InChI=1S/C18H20O3/c1-12-11-13(18(2,3)4)9-10-15(12)21-16-8-6-5-7-14(16)17(19)20/h5-11H,1-4H3,(H,19,20). The molecule has 110 valence electrons. The lowest BCUT2D eigenvalue weighted by atomic mass is 9.86. The third-order valence-corrected chi connectivity index (χ3v) is 3.38. The van der Waals surface area contributed by atoms with Crippen molar-refractivity contribution in [3.8, 4) is 11.5 Å². The maximum Gasteiger partial charge on any atom is 0.339 e. The molecule has 2 rings (SSSR count). The average molecular weight is 284 g/mol. The van der Waals surface area contributed by atoms with Crippen molar-refractivity contribution < 1.29 is 14.6 Å². The molecule has 0 saturated carbocycles. The number of ether oxygens (including phenoxy) is 1. The van der Waals surface area contributed by atoms with Crippen molar-refractivity contribution >= 4 is 5.97 Å². The number of benzene rings is 2. The summed E-state index contributed by atoms with van der Waals surface area (Å²) in [4.78, 5) is 11.2. The first-order chi connectivity index (χ1) is 9.79. The molecule has 0 aliphatic heterocycles. The van der Waals surface area contributed by atoms with Gasteiger partial charge < -0.3 is 9.84 Å². The molecule has 2 aromatic carbocycles. The van der Waals surface area contributed by atoms with Gasteiger partial charge in [0.05, 0.1) is 0 Å². The predicted octanol–water partition coefficient (Wildman–Crippen LogP) is 4.78. The minimum absolute atomic E-state index is 0.0717. The van der Waals surface area contributed by atoms with Crippen LogP contribution in [0.1, 0.15) is 42.3 Å². The predicted molar refractivity (Wildman–Crippen MR) is 83.4 cm³/mol. The van der Waals surface area contributed by atoms with Gasteiger partial charge in [-0.3, -0.25) is 0 Å². The number of rotatable bonds is 3. The van der Waals surface area contributed by atoms with E-state index in [1.165, 1.54) is 11.6 Å². The summed E-state index contributed by atoms with van der Waals surface area (Å²) in [6.07, 6.45) is 0. The summed E-state index contributed by atoms with van der Waals surface area (Å²) in [5.41, 5.74) is 2.45. The zero-order chi connectivity index (χ0) is 15.6. The normalized spacial score (nSPS) is 11.2. The first kappa shape index (κ1) is 15.1. The van der Waals surface area contributed by atoms with Crippen LogP contribution in [0.3, 0.4) is 0 Å². The van der Waals surface area contributed by atoms with Gasteiger partial charge in [-0.1, -0.05) is 45.0 Å². The Labute approximate surface area is 125 Å². The lowest BCUT2D eigenvalue weighted by Gasteiger charge is -2.20. The van der Waals surface area contributed by atoms with Gasteiger partial charge in [0.1, 0.15) is 17.1 Å². The molecular formula is C18H20O3. The summed E-state index contributed by atoms with van der Waals surface area (Å²) in [7, 11) is 0. The van der Waals surface area contributed by atoms with Crippen LogP contribution in [-0.4, -0.2) is 11.1 Å². The van der Waals surface area contributed by atoms with Crippen LogP contribution in [0.5, 0.6) is 11.5 Å². The van der Waals surface area contributed by atoms with Crippen molar-refractivity contribution in [2.24, 2.45) is 0 Å². The SMILES string of the molecule is Cc1cc(C(C)(C)C)ccc1Oc1ccccc1C(=O)O. The quantitative estimate of drug-likeness (QED) is 0.882. The summed E-state index contributed by atoms with van der Waals surface area (Å²) >= 11 is 0. The monoisotopic (exact) mass is 284 g/mol. The van der Waals surface area contributed by atoms with E-state index in [4.69, 9.17) is 4.74 Å². The lowest BCUT2D eigenvalue weighted by Crippen LogP contribution is -2.11. The smallest absolute Gasteiger partial charge is 0.339 e. The maximum atomic E-state index is 11.2. The molecule has 0 aromatic heterocycles. The van der Waals surface area contributed by atoms with E-state index >= 15 is 0 Å². The Morgan fingerprint density at radius 3 is 2.29 bits per heavy atom. The summed E-state index contributed by atoms with van der Waals surface area (Å²) in [6, 6.07) is 12.7.